The summed E-state index contributed by atoms with van der Waals surface area (Å²) in [5.74, 6) is -0.443. The second-order valence-electron chi connectivity index (χ2n) is 8.28. The van der Waals surface area contributed by atoms with Crippen LogP contribution in [0.4, 0.5) is 0 Å². The standard InChI is InChI=1S/C26H32N2O5/c1-4-32-26(31)22-11-8-16-28(17-22)24(29)18-27(3)25(30)19(2)33-23-14-12-21(13-15-23)20-9-6-5-7-10-20/h5-7,9-10,12-15,19,22H,4,8,11,16-18H2,1-3H3. The van der Waals surface area contributed by atoms with Gasteiger partial charge in [-0.3, -0.25) is 14.4 Å². The highest BCUT2D eigenvalue weighted by atomic mass is 16.5. The van der Waals surface area contributed by atoms with Crippen LogP contribution in [0.2, 0.25) is 0 Å². The van der Waals surface area contributed by atoms with Gasteiger partial charge in [0.15, 0.2) is 6.10 Å². The maximum atomic E-state index is 12.8. The van der Waals surface area contributed by atoms with Crippen molar-refractivity contribution >= 4 is 17.8 Å². The molecule has 0 radical (unpaired) electrons. The number of piperidine rings is 1. The van der Waals surface area contributed by atoms with Crippen molar-refractivity contribution in [1.29, 1.82) is 0 Å². The maximum absolute atomic E-state index is 12.8. The molecule has 3 rings (SSSR count). The lowest BCUT2D eigenvalue weighted by atomic mass is 9.98. The van der Waals surface area contributed by atoms with Gasteiger partial charge in [-0.25, -0.2) is 0 Å². The summed E-state index contributed by atoms with van der Waals surface area (Å²) in [6.07, 6.45) is 0.718. The molecule has 1 aliphatic rings. The molecule has 1 aliphatic heterocycles. The van der Waals surface area contributed by atoms with E-state index >= 15 is 0 Å². The summed E-state index contributed by atoms with van der Waals surface area (Å²) in [6, 6.07) is 17.6. The number of rotatable bonds is 8. The number of carbonyl (C=O) groups is 3. The smallest absolute Gasteiger partial charge is 0.310 e. The normalized spacial score (nSPS) is 16.6. The molecule has 33 heavy (non-hydrogen) atoms. The lowest BCUT2D eigenvalue weighted by molar-refractivity contribution is -0.152. The van der Waals surface area contributed by atoms with Gasteiger partial charge in [-0.1, -0.05) is 42.5 Å². The summed E-state index contributed by atoms with van der Waals surface area (Å²) >= 11 is 0. The van der Waals surface area contributed by atoms with E-state index in [0.29, 0.717) is 31.9 Å². The van der Waals surface area contributed by atoms with Gasteiger partial charge in [0.05, 0.1) is 19.1 Å². The molecular weight excluding hydrogens is 420 g/mol. The van der Waals surface area contributed by atoms with E-state index in [0.717, 1.165) is 17.5 Å². The van der Waals surface area contributed by atoms with E-state index in [2.05, 4.69) is 0 Å². The summed E-state index contributed by atoms with van der Waals surface area (Å²) in [7, 11) is 1.59. The van der Waals surface area contributed by atoms with Gasteiger partial charge in [0.25, 0.3) is 5.91 Å². The zero-order valence-corrected chi connectivity index (χ0v) is 19.5. The molecule has 2 unspecified atom stereocenters. The van der Waals surface area contributed by atoms with Gasteiger partial charge >= 0.3 is 5.97 Å². The first-order valence-corrected chi connectivity index (χ1v) is 11.4. The van der Waals surface area contributed by atoms with E-state index in [-0.39, 0.29) is 30.2 Å². The summed E-state index contributed by atoms with van der Waals surface area (Å²) in [6.45, 7) is 4.62. The molecule has 2 aromatic rings. The monoisotopic (exact) mass is 452 g/mol. The number of hydrogen-bond donors (Lipinski definition) is 0. The lowest BCUT2D eigenvalue weighted by Gasteiger charge is -2.33. The van der Waals surface area contributed by atoms with Crippen molar-refractivity contribution in [1.82, 2.24) is 9.80 Å². The quantitative estimate of drug-likeness (QED) is 0.574. The van der Waals surface area contributed by atoms with E-state index in [1.807, 2.05) is 54.6 Å². The molecule has 0 saturated carbocycles. The van der Waals surface area contributed by atoms with E-state index in [1.54, 1.807) is 25.8 Å². The topological polar surface area (TPSA) is 76.2 Å². The molecule has 7 heteroatoms. The van der Waals surface area contributed by atoms with Crippen molar-refractivity contribution in [2.24, 2.45) is 5.92 Å². The SMILES string of the molecule is CCOC(=O)C1CCCN(C(=O)CN(C)C(=O)C(C)Oc2ccc(-c3ccccc3)cc2)C1. The summed E-state index contributed by atoms with van der Waals surface area (Å²) in [5.41, 5.74) is 2.17. The number of hydrogen-bond acceptors (Lipinski definition) is 5. The van der Waals surface area contributed by atoms with Crippen LogP contribution in [0.5, 0.6) is 5.75 Å². The van der Waals surface area contributed by atoms with Gasteiger partial charge in [0.2, 0.25) is 5.91 Å². The Balaban J connectivity index is 1.51. The third kappa shape index (κ3) is 6.57. The Morgan fingerprint density at radius 1 is 1.06 bits per heavy atom. The fourth-order valence-corrected chi connectivity index (χ4v) is 3.96. The molecule has 0 spiro atoms. The van der Waals surface area contributed by atoms with Crippen molar-refractivity contribution < 1.29 is 23.9 Å². The molecule has 0 aliphatic carbocycles. The lowest BCUT2D eigenvalue weighted by Crippen LogP contribution is -2.48. The largest absolute Gasteiger partial charge is 0.481 e. The van der Waals surface area contributed by atoms with Crippen LogP contribution in [0.15, 0.2) is 54.6 Å². The molecule has 0 aromatic heterocycles. The number of likely N-dealkylation sites (tertiary alicyclic amines) is 1. The Labute approximate surface area is 195 Å². The van der Waals surface area contributed by atoms with E-state index in [4.69, 9.17) is 9.47 Å². The fraction of sp³-hybridized carbons (Fsp3) is 0.423. The fourth-order valence-electron chi connectivity index (χ4n) is 3.96. The minimum atomic E-state index is -0.737. The first-order chi connectivity index (χ1) is 15.9. The van der Waals surface area contributed by atoms with Gasteiger partial charge in [-0.2, -0.15) is 0 Å². The molecule has 1 fully saturated rings. The predicted molar refractivity (Wildman–Crippen MR) is 126 cm³/mol. The minimum Gasteiger partial charge on any atom is -0.481 e. The minimum absolute atomic E-state index is 0.0605. The average Bonchev–Trinajstić information content (AvgIpc) is 2.84. The Morgan fingerprint density at radius 3 is 2.39 bits per heavy atom. The second-order valence-corrected chi connectivity index (χ2v) is 8.28. The first kappa shape index (κ1) is 24.3. The number of carbonyl (C=O) groups excluding carboxylic acids is 3. The highest BCUT2D eigenvalue weighted by molar-refractivity contribution is 5.87. The van der Waals surface area contributed by atoms with Crippen LogP contribution in [0, 0.1) is 5.92 Å². The molecule has 176 valence electrons. The van der Waals surface area contributed by atoms with Crippen molar-refractivity contribution in [2.75, 3.05) is 33.3 Å². The molecule has 0 N–H and O–H groups in total. The third-order valence-corrected chi connectivity index (χ3v) is 5.76. The van der Waals surface area contributed by atoms with Gasteiger partial charge < -0.3 is 19.3 Å². The van der Waals surface area contributed by atoms with Crippen LogP contribution in [-0.4, -0.2) is 67.0 Å². The maximum Gasteiger partial charge on any atom is 0.310 e. The second kappa shape index (κ2) is 11.5. The Kier molecular flexibility index (Phi) is 8.46. The van der Waals surface area contributed by atoms with Crippen LogP contribution in [-0.2, 0) is 19.1 Å². The molecular formula is C26H32N2O5. The van der Waals surface area contributed by atoms with Gasteiger partial charge in [-0.15, -0.1) is 0 Å². The van der Waals surface area contributed by atoms with Crippen LogP contribution < -0.4 is 4.74 Å². The number of benzene rings is 2. The molecule has 2 aromatic carbocycles. The van der Waals surface area contributed by atoms with E-state index in [1.165, 1.54) is 4.90 Å². The van der Waals surface area contributed by atoms with Crippen molar-refractivity contribution in [2.45, 2.75) is 32.8 Å². The predicted octanol–water partition coefficient (Wildman–Crippen LogP) is 3.38. The van der Waals surface area contributed by atoms with E-state index in [9.17, 15) is 14.4 Å². The van der Waals surface area contributed by atoms with Crippen molar-refractivity contribution in [3.05, 3.63) is 54.6 Å². The van der Waals surface area contributed by atoms with Crippen LogP contribution in [0.25, 0.3) is 11.1 Å². The van der Waals surface area contributed by atoms with Crippen LogP contribution >= 0.6 is 0 Å². The van der Waals surface area contributed by atoms with Gasteiger partial charge in [0.1, 0.15) is 5.75 Å². The first-order valence-electron chi connectivity index (χ1n) is 11.4. The van der Waals surface area contributed by atoms with Crippen LogP contribution in [0.1, 0.15) is 26.7 Å². The average molecular weight is 453 g/mol. The molecule has 0 bridgehead atoms. The summed E-state index contributed by atoms with van der Waals surface area (Å²) in [5, 5.41) is 0. The Bertz CT molecular complexity index is 945. The molecule has 2 atom stereocenters. The van der Waals surface area contributed by atoms with Crippen molar-refractivity contribution in [3.63, 3.8) is 0 Å². The molecule has 2 amide bonds. The van der Waals surface area contributed by atoms with E-state index < -0.39 is 6.10 Å². The number of esters is 1. The highest BCUT2D eigenvalue weighted by Crippen LogP contribution is 2.23. The molecule has 1 saturated heterocycles. The van der Waals surface area contributed by atoms with Gasteiger partial charge in [-0.05, 0) is 49.9 Å². The zero-order valence-electron chi connectivity index (χ0n) is 19.5. The summed E-state index contributed by atoms with van der Waals surface area (Å²) in [4.78, 5) is 40.5. The number of likely N-dealkylation sites (N-methyl/N-ethyl adjacent to an activating group) is 1. The number of amides is 2. The van der Waals surface area contributed by atoms with Crippen LogP contribution in [0.3, 0.4) is 0 Å². The highest BCUT2D eigenvalue weighted by Gasteiger charge is 2.30. The number of nitrogens with zero attached hydrogens (tertiary/aromatic N) is 2. The zero-order chi connectivity index (χ0) is 23.8. The van der Waals surface area contributed by atoms with Crippen molar-refractivity contribution in [3.8, 4) is 16.9 Å². The third-order valence-electron chi connectivity index (χ3n) is 5.76. The summed E-state index contributed by atoms with van der Waals surface area (Å²) < 4.78 is 10.9. The Hall–Kier alpha value is -3.35. The Morgan fingerprint density at radius 2 is 1.73 bits per heavy atom. The number of ether oxygens (including phenoxy) is 2. The van der Waals surface area contributed by atoms with Gasteiger partial charge in [0, 0.05) is 20.1 Å². The molecule has 7 nitrogen and oxygen atoms in total. The molecule has 1 heterocycles.